The average Bonchev–Trinajstić information content (AvgIpc) is 3.08. The fraction of sp³-hybridized carbons (Fsp3) is 0.0870. The number of nitrogens with two attached hydrogens (primary N) is 1. The van der Waals surface area contributed by atoms with Gasteiger partial charge in [0.2, 0.25) is 10.0 Å². The van der Waals surface area contributed by atoms with E-state index < -0.39 is 27.7 Å². The topological polar surface area (TPSA) is 117 Å². The van der Waals surface area contributed by atoms with Crippen molar-refractivity contribution in [2.45, 2.75) is 17.6 Å². The second-order valence-corrected chi connectivity index (χ2v) is 9.58. The van der Waals surface area contributed by atoms with Gasteiger partial charge in [0.15, 0.2) is 10.8 Å². The van der Waals surface area contributed by atoms with E-state index in [9.17, 15) is 26.4 Å². The van der Waals surface area contributed by atoms with Gasteiger partial charge >= 0.3 is 6.18 Å². The highest BCUT2D eigenvalue weighted by Crippen LogP contribution is 2.42. The number of primary sulfonamides is 1. The quantitative estimate of drug-likeness (QED) is 0.341. The van der Waals surface area contributed by atoms with Crippen LogP contribution in [0.15, 0.2) is 82.8 Å². The van der Waals surface area contributed by atoms with Gasteiger partial charge in [-0.25, -0.2) is 13.6 Å². The molecule has 0 atom stereocenters. The first kappa shape index (κ1) is 25.3. The minimum absolute atomic E-state index is 0.0222. The Kier molecular flexibility index (Phi) is 6.80. The van der Waals surface area contributed by atoms with E-state index in [0.717, 1.165) is 11.0 Å². The van der Waals surface area contributed by atoms with Gasteiger partial charge in [0.1, 0.15) is 4.90 Å². The average molecular weight is 534 g/mol. The third-order valence-electron chi connectivity index (χ3n) is 5.21. The Balaban J connectivity index is 1.67. The number of para-hydroxylation sites is 2. The lowest BCUT2D eigenvalue weighted by atomic mass is 10.1. The molecule has 186 valence electrons. The molecule has 3 aromatic rings. The second kappa shape index (κ2) is 9.68. The zero-order chi connectivity index (χ0) is 26.1. The van der Waals surface area contributed by atoms with Gasteiger partial charge in [0.05, 0.1) is 23.5 Å². The molecule has 0 unspecified atom stereocenters. The number of hydrogen-bond acceptors (Lipinski definition) is 5. The normalized spacial score (nSPS) is 14.6. The zero-order valence-corrected chi connectivity index (χ0v) is 19.9. The molecule has 1 aliphatic rings. The van der Waals surface area contributed by atoms with Crippen molar-refractivity contribution >= 4 is 50.3 Å². The van der Waals surface area contributed by atoms with E-state index in [0.29, 0.717) is 5.56 Å². The Morgan fingerprint density at radius 3 is 2.33 bits per heavy atom. The molecule has 1 amide bonds. The maximum Gasteiger partial charge on any atom is 0.418 e. The van der Waals surface area contributed by atoms with Crippen molar-refractivity contribution < 1.29 is 26.4 Å². The number of amides is 1. The molecule has 36 heavy (non-hydrogen) atoms. The summed E-state index contributed by atoms with van der Waals surface area (Å²) in [5.74, 6) is -0.759. The third-order valence-corrected chi connectivity index (χ3v) is 6.37. The number of hydrogen-bond donors (Lipinski definition) is 3. The highest BCUT2D eigenvalue weighted by molar-refractivity contribution is 7.89. The summed E-state index contributed by atoms with van der Waals surface area (Å²) in [7, 11) is -4.07. The summed E-state index contributed by atoms with van der Waals surface area (Å²) in [4.78, 5) is 14.0. The highest BCUT2D eigenvalue weighted by atomic mass is 32.2. The molecule has 4 rings (SSSR count). The van der Waals surface area contributed by atoms with Gasteiger partial charge in [-0.05, 0) is 36.0 Å². The van der Waals surface area contributed by atoms with Crippen LogP contribution in [0, 0.1) is 0 Å². The predicted octanol–water partition coefficient (Wildman–Crippen LogP) is 3.59. The number of halogens is 3. The number of benzene rings is 3. The maximum atomic E-state index is 13.8. The van der Waals surface area contributed by atoms with E-state index in [-0.39, 0.29) is 39.2 Å². The van der Waals surface area contributed by atoms with Crippen LogP contribution < -0.4 is 20.8 Å². The summed E-state index contributed by atoms with van der Waals surface area (Å²) < 4.78 is 65.0. The lowest BCUT2D eigenvalue weighted by Crippen LogP contribution is -2.33. The van der Waals surface area contributed by atoms with Crippen molar-refractivity contribution in [3.8, 4) is 0 Å². The number of sulfonamides is 1. The second-order valence-electron chi connectivity index (χ2n) is 7.64. The van der Waals surface area contributed by atoms with Crippen LogP contribution in [-0.4, -0.2) is 25.1 Å². The molecule has 0 saturated heterocycles. The van der Waals surface area contributed by atoms with Crippen LogP contribution in [0.5, 0.6) is 0 Å². The van der Waals surface area contributed by atoms with E-state index in [4.69, 9.17) is 17.4 Å². The number of carbonyl (C=O) groups is 1. The molecule has 0 radical (unpaired) electrons. The SMILES string of the molecule is NS(=O)(=O)c1ccccc1NC(=S)NN=C1C(=O)N(Cc2ccccc2)c2c1cccc2C(F)(F)F. The lowest BCUT2D eigenvalue weighted by Gasteiger charge is -2.21. The minimum Gasteiger partial charge on any atom is -0.330 e. The summed E-state index contributed by atoms with van der Waals surface area (Å²) in [6.07, 6.45) is -4.71. The van der Waals surface area contributed by atoms with E-state index in [1.165, 1.54) is 30.3 Å². The fourth-order valence-electron chi connectivity index (χ4n) is 3.70. The van der Waals surface area contributed by atoms with Crippen molar-refractivity contribution in [2.24, 2.45) is 10.2 Å². The summed E-state index contributed by atoms with van der Waals surface area (Å²) in [6.45, 7) is -0.108. The first-order valence-corrected chi connectivity index (χ1v) is 12.2. The third kappa shape index (κ3) is 5.22. The highest BCUT2D eigenvalue weighted by Gasteiger charge is 2.43. The van der Waals surface area contributed by atoms with Crippen LogP contribution in [0.2, 0.25) is 0 Å². The number of nitrogens with zero attached hydrogens (tertiary/aromatic N) is 2. The molecule has 1 heterocycles. The smallest absolute Gasteiger partial charge is 0.330 e. The van der Waals surface area contributed by atoms with Gasteiger partial charge in [0, 0.05) is 5.56 Å². The van der Waals surface area contributed by atoms with Crippen molar-refractivity contribution in [3.63, 3.8) is 0 Å². The molecule has 0 bridgehead atoms. The molecule has 0 spiro atoms. The molecular formula is C23H18F3N5O3S2. The van der Waals surface area contributed by atoms with Gasteiger partial charge in [-0.15, -0.1) is 0 Å². The summed E-state index contributed by atoms with van der Waals surface area (Å²) >= 11 is 5.14. The summed E-state index contributed by atoms with van der Waals surface area (Å²) in [5, 5.41) is 11.6. The number of hydrazone groups is 1. The van der Waals surface area contributed by atoms with Gasteiger partial charge < -0.3 is 10.2 Å². The zero-order valence-electron chi connectivity index (χ0n) is 18.3. The van der Waals surface area contributed by atoms with Crippen molar-refractivity contribution in [1.82, 2.24) is 5.43 Å². The minimum atomic E-state index is -4.71. The number of thiocarbonyl (C=S) groups is 1. The number of anilines is 2. The largest absolute Gasteiger partial charge is 0.418 e. The molecule has 1 aliphatic heterocycles. The molecule has 0 fully saturated rings. The number of carbonyl (C=O) groups excluding carboxylic acids is 1. The van der Waals surface area contributed by atoms with Gasteiger partial charge in [-0.1, -0.05) is 54.6 Å². The Morgan fingerprint density at radius 1 is 1.00 bits per heavy atom. The fourth-order valence-corrected chi connectivity index (χ4v) is 4.55. The van der Waals surface area contributed by atoms with E-state index in [1.54, 1.807) is 36.4 Å². The Bertz CT molecular complexity index is 1480. The number of alkyl halides is 3. The van der Waals surface area contributed by atoms with E-state index >= 15 is 0 Å². The van der Waals surface area contributed by atoms with Crippen molar-refractivity contribution in [1.29, 1.82) is 0 Å². The molecule has 0 aromatic heterocycles. The van der Waals surface area contributed by atoms with Crippen LogP contribution in [0.3, 0.4) is 0 Å². The van der Waals surface area contributed by atoms with Crippen LogP contribution in [0.4, 0.5) is 24.5 Å². The Hall–Kier alpha value is -3.81. The molecular weight excluding hydrogens is 515 g/mol. The summed E-state index contributed by atoms with van der Waals surface area (Å²) in [5.41, 5.74) is 1.50. The Morgan fingerprint density at radius 2 is 1.67 bits per heavy atom. The van der Waals surface area contributed by atoms with Gasteiger partial charge in [-0.2, -0.15) is 18.3 Å². The van der Waals surface area contributed by atoms with Crippen LogP contribution in [-0.2, 0) is 27.5 Å². The molecule has 0 aliphatic carbocycles. The Labute approximate surface area is 209 Å². The van der Waals surface area contributed by atoms with Gasteiger partial charge in [-0.3, -0.25) is 10.2 Å². The number of rotatable bonds is 5. The molecule has 0 saturated carbocycles. The molecule has 3 aromatic carbocycles. The van der Waals surface area contributed by atoms with Crippen molar-refractivity contribution in [2.75, 3.05) is 10.2 Å². The lowest BCUT2D eigenvalue weighted by molar-refractivity contribution is -0.137. The summed E-state index contributed by atoms with van der Waals surface area (Å²) in [6, 6.07) is 17.7. The number of nitrogens with one attached hydrogen (secondary N) is 2. The molecule has 4 N–H and O–H groups in total. The first-order valence-electron chi connectivity index (χ1n) is 10.3. The van der Waals surface area contributed by atoms with E-state index in [1.807, 2.05) is 0 Å². The number of fused-ring (bicyclic) bond motifs is 1. The predicted molar refractivity (Wildman–Crippen MR) is 133 cm³/mol. The first-order chi connectivity index (χ1) is 17.0. The monoisotopic (exact) mass is 533 g/mol. The molecule has 8 nitrogen and oxygen atoms in total. The maximum absolute atomic E-state index is 13.8. The van der Waals surface area contributed by atoms with Crippen molar-refractivity contribution in [3.05, 3.63) is 89.5 Å². The van der Waals surface area contributed by atoms with Crippen LogP contribution in [0.25, 0.3) is 0 Å². The van der Waals surface area contributed by atoms with Crippen LogP contribution in [0.1, 0.15) is 16.7 Å². The van der Waals surface area contributed by atoms with E-state index in [2.05, 4.69) is 15.8 Å². The molecule has 13 heteroatoms. The van der Waals surface area contributed by atoms with Crippen LogP contribution >= 0.6 is 12.2 Å². The standard InChI is InChI=1S/C23H18F3N5O3S2/c24-23(25,26)16-10-6-9-15-19(21(32)31(20(15)16)13-14-7-2-1-3-8-14)29-30-22(35)28-17-11-4-5-12-18(17)36(27,33)34/h1-12H,13H2,(H2,27,33,34)(H2,28,30,35). The van der Waals surface area contributed by atoms with Gasteiger partial charge in [0.25, 0.3) is 5.91 Å².